The van der Waals surface area contributed by atoms with Gasteiger partial charge < -0.3 is 9.47 Å². The summed E-state index contributed by atoms with van der Waals surface area (Å²) in [6.07, 6.45) is 2.18. The van der Waals surface area contributed by atoms with Crippen LogP contribution in [0.15, 0.2) is 97.1 Å². The molecule has 0 saturated carbocycles. The van der Waals surface area contributed by atoms with Gasteiger partial charge in [0.2, 0.25) is 0 Å². The van der Waals surface area contributed by atoms with E-state index in [0.29, 0.717) is 13.1 Å². The molecule has 170 valence electrons. The van der Waals surface area contributed by atoms with E-state index in [0.717, 1.165) is 58.1 Å². The highest BCUT2D eigenvalue weighted by molar-refractivity contribution is 6.07. The molecule has 1 heterocycles. The van der Waals surface area contributed by atoms with Crippen molar-refractivity contribution in [1.29, 1.82) is 0 Å². The number of unbranched alkanes of at least 4 members (excludes halogenated alkanes) is 1. The van der Waals surface area contributed by atoms with Crippen molar-refractivity contribution in [3.63, 3.8) is 0 Å². The van der Waals surface area contributed by atoms with E-state index in [1.54, 1.807) is 0 Å². The molecule has 0 N–H and O–H groups in total. The molecule has 0 radical (unpaired) electrons. The van der Waals surface area contributed by atoms with Crippen molar-refractivity contribution in [2.24, 2.45) is 0 Å². The summed E-state index contributed by atoms with van der Waals surface area (Å²) in [6, 6.07) is 32.5. The Balaban J connectivity index is 1.56. The maximum Gasteiger partial charge on any atom is 0.255 e. The first-order chi connectivity index (χ1) is 16.7. The predicted molar refractivity (Wildman–Crippen MR) is 139 cm³/mol. The summed E-state index contributed by atoms with van der Waals surface area (Å²) in [5.41, 5.74) is 3.94. The molecule has 5 rings (SSSR count). The van der Waals surface area contributed by atoms with E-state index in [2.05, 4.69) is 54.0 Å². The second-order valence-corrected chi connectivity index (χ2v) is 8.70. The van der Waals surface area contributed by atoms with Gasteiger partial charge in [0.1, 0.15) is 5.82 Å². The van der Waals surface area contributed by atoms with Crippen LogP contribution in [0, 0.1) is 0 Å². The van der Waals surface area contributed by atoms with Crippen LogP contribution < -0.4 is 0 Å². The van der Waals surface area contributed by atoms with E-state index in [1.807, 2.05) is 59.5 Å². The van der Waals surface area contributed by atoms with E-state index in [9.17, 15) is 4.79 Å². The predicted octanol–water partition coefficient (Wildman–Crippen LogP) is 6.83. The Morgan fingerprint density at radius 2 is 1.56 bits per heavy atom. The van der Waals surface area contributed by atoms with E-state index < -0.39 is 0 Å². The summed E-state index contributed by atoms with van der Waals surface area (Å²) in [5.74, 6) is 0.953. The van der Waals surface area contributed by atoms with Crippen molar-refractivity contribution < 1.29 is 4.79 Å². The Morgan fingerprint density at radius 3 is 2.41 bits per heavy atom. The lowest BCUT2D eigenvalue weighted by Gasteiger charge is -2.24. The molecule has 1 aromatic heterocycles. The topological polar surface area (TPSA) is 38.1 Å². The third-order valence-electron chi connectivity index (χ3n) is 6.32. The molecule has 34 heavy (non-hydrogen) atoms. The molecule has 5 aromatic rings. The lowest BCUT2D eigenvalue weighted by molar-refractivity contribution is 0.0725. The number of para-hydroxylation sites is 2. The summed E-state index contributed by atoms with van der Waals surface area (Å²) < 4.78 is 2.28. The summed E-state index contributed by atoms with van der Waals surface area (Å²) in [7, 11) is 0. The number of hydrogen-bond donors (Lipinski definition) is 0. The van der Waals surface area contributed by atoms with Crippen LogP contribution in [0.2, 0.25) is 0 Å². The molecule has 0 aliphatic rings. The normalized spacial score (nSPS) is 11.2. The second kappa shape index (κ2) is 9.92. The standard InChI is InChI=1S/C30H29N3O/c1-2-3-20-33-28-19-10-9-18-27(28)31-29(33)22-32(21-23-12-5-4-6-13-23)30(34)26-17-11-15-24-14-7-8-16-25(24)26/h4-19H,2-3,20-22H2,1H3. The highest BCUT2D eigenvalue weighted by atomic mass is 16.2. The molecular formula is C30H29N3O. The van der Waals surface area contributed by atoms with Crippen LogP contribution in [0.5, 0.6) is 0 Å². The molecule has 0 unspecified atom stereocenters. The van der Waals surface area contributed by atoms with Gasteiger partial charge in [0.15, 0.2) is 0 Å². The summed E-state index contributed by atoms with van der Waals surface area (Å²) in [6.45, 7) is 4.08. The molecule has 0 spiro atoms. The van der Waals surface area contributed by atoms with Gasteiger partial charge in [0.25, 0.3) is 5.91 Å². The van der Waals surface area contributed by atoms with Crippen LogP contribution >= 0.6 is 0 Å². The lowest BCUT2D eigenvalue weighted by atomic mass is 10.0. The number of imidazole rings is 1. The number of hydrogen-bond acceptors (Lipinski definition) is 2. The van der Waals surface area contributed by atoms with Crippen LogP contribution in [-0.2, 0) is 19.6 Å². The van der Waals surface area contributed by atoms with E-state index >= 15 is 0 Å². The zero-order valence-electron chi connectivity index (χ0n) is 19.5. The van der Waals surface area contributed by atoms with E-state index in [-0.39, 0.29) is 5.91 Å². The van der Waals surface area contributed by atoms with Gasteiger partial charge in [-0.15, -0.1) is 0 Å². The van der Waals surface area contributed by atoms with Gasteiger partial charge in [-0.25, -0.2) is 4.98 Å². The molecule has 1 amide bonds. The first kappa shape index (κ1) is 21.9. The van der Waals surface area contributed by atoms with Gasteiger partial charge in [0.05, 0.1) is 17.6 Å². The first-order valence-corrected chi connectivity index (χ1v) is 12.0. The Kier molecular flexibility index (Phi) is 6.39. The quantitative estimate of drug-likeness (QED) is 0.261. The number of nitrogens with zero attached hydrogens (tertiary/aromatic N) is 3. The van der Waals surface area contributed by atoms with Crippen LogP contribution in [0.1, 0.15) is 41.5 Å². The van der Waals surface area contributed by atoms with Crippen LogP contribution in [0.4, 0.5) is 0 Å². The zero-order valence-corrected chi connectivity index (χ0v) is 19.5. The van der Waals surface area contributed by atoms with E-state index in [4.69, 9.17) is 4.98 Å². The Labute approximate surface area is 200 Å². The first-order valence-electron chi connectivity index (χ1n) is 12.0. The maximum absolute atomic E-state index is 14.0. The molecule has 0 saturated heterocycles. The van der Waals surface area contributed by atoms with Crippen molar-refractivity contribution in [3.8, 4) is 0 Å². The van der Waals surface area contributed by atoms with E-state index in [1.165, 1.54) is 0 Å². The van der Waals surface area contributed by atoms with Crippen molar-refractivity contribution in [2.45, 2.75) is 39.4 Å². The minimum Gasteiger partial charge on any atom is -0.327 e. The molecular weight excluding hydrogens is 418 g/mol. The summed E-state index contributed by atoms with van der Waals surface area (Å²) >= 11 is 0. The molecule has 0 aliphatic heterocycles. The third-order valence-corrected chi connectivity index (χ3v) is 6.32. The number of aromatic nitrogens is 2. The van der Waals surface area contributed by atoms with Crippen molar-refractivity contribution in [2.75, 3.05) is 0 Å². The van der Waals surface area contributed by atoms with Gasteiger partial charge in [-0.05, 0) is 41.0 Å². The smallest absolute Gasteiger partial charge is 0.255 e. The highest BCUT2D eigenvalue weighted by Crippen LogP contribution is 2.24. The number of aryl methyl sites for hydroxylation is 1. The zero-order chi connectivity index (χ0) is 23.3. The molecule has 4 nitrogen and oxygen atoms in total. The Morgan fingerprint density at radius 1 is 0.824 bits per heavy atom. The van der Waals surface area contributed by atoms with Crippen LogP contribution in [0.25, 0.3) is 21.8 Å². The Bertz CT molecular complexity index is 1420. The fourth-order valence-electron chi connectivity index (χ4n) is 4.57. The number of carbonyl (C=O) groups is 1. The number of fused-ring (bicyclic) bond motifs is 2. The van der Waals surface area contributed by atoms with Gasteiger partial charge in [0, 0.05) is 18.7 Å². The monoisotopic (exact) mass is 447 g/mol. The average Bonchev–Trinajstić information content (AvgIpc) is 3.23. The third kappa shape index (κ3) is 4.44. The SMILES string of the molecule is CCCCn1c(CN(Cc2ccccc2)C(=O)c2cccc3ccccc23)nc2ccccc21. The molecule has 4 heteroatoms. The number of rotatable bonds is 8. The number of amides is 1. The van der Waals surface area contributed by atoms with Gasteiger partial charge in [-0.2, -0.15) is 0 Å². The second-order valence-electron chi connectivity index (χ2n) is 8.70. The molecule has 0 bridgehead atoms. The fraction of sp³-hybridized carbons (Fsp3) is 0.200. The molecule has 0 atom stereocenters. The van der Waals surface area contributed by atoms with Gasteiger partial charge in [-0.3, -0.25) is 4.79 Å². The average molecular weight is 448 g/mol. The minimum absolute atomic E-state index is 0.0229. The molecule has 0 aliphatic carbocycles. The Hall–Kier alpha value is -3.92. The van der Waals surface area contributed by atoms with Crippen LogP contribution in [-0.4, -0.2) is 20.4 Å². The van der Waals surface area contributed by atoms with Crippen LogP contribution in [0.3, 0.4) is 0 Å². The summed E-state index contributed by atoms with van der Waals surface area (Å²) in [5, 5.41) is 2.05. The number of benzene rings is 4. The largest absolute Gasteiger partial charge is 0.327 e. The van der Waals surface area contributed by atoms with Crippen molar-refractivity contribution in [3.05, 3.63) is 114 Å². The fourth-order valence-corrected chi connectivity index (χ4v) is 4.57. The number of carbonyl (C=O) groups excluding carboxylic acids is 1. The lowest BCUT2D eigenvalue weighted by Crippen LogP contribution is -2.31. The molecule has 0 fully saturated rings. The highest BCUT2D eigenvalue weighted by Gasteiger charge is 2.22. The van der Waals surface area contributed by atoms with Crippen molar-refractivity contribution in [1.82, 2.24) is 14.5 Å². The minimum atomic E-state index is 0.0229. The van der Waals surface area contributed by atoms with Gasteiger partial charge in [-0.1, -0.05) is 92.2 Å². The molecule has 4 aromatic carbocycles. The van der Waals surface area contributed by atoms with Crippen molar-refractivity contribution >= 4 is 27.7 Å². The maximum atomic E-state index is 14.0. The summed E-state index contributed by atoms with van der Waals surface area (Å²) in [4.78, 5) is 20.9. The van der Waals surface area contributed by atoms with Gasteiger partial charge >= 0.3 is 0 Å².